The lowest BCUT2D eigenvalue weighted by Crippen LogP contribution is -2.60. The Morgan fingerprint density at radius 3 is 1.41 bits per heavy atom. The molecule has 2 unspecified atom stereocenters. The number of hydrogen-bond donors (Lipinski definition) is 4. The van der Waals surface area contributed by atoms with E-state index in [2.05, 4.69) is 62.5 Å². The van der Waals surface area contributed by atoms with Gasteiger partial charge in [0.15, 0.2) is 12.4 Å². The van der Waals surface area contributed by atoms with Gasteiger partial charge in [0.05, 0.1) is 6.61 Å². The van der Waals surface area contributed by atoms with Gasteiger partial charge in [-0.1, -0.05) is 204 Å². The van der Waals surface area contributed by atoms with Crippen molar-refractivity contribution in [3.05, 3.63) is 48.6 Å². The first-order valence-electron chi connectivity index (χ1n) is 26.2. The fourth-order valence-corrected chi connectivity index (χ4v) is 8.54. The van der Waals surface area contributed by atoms with Gasteiger partial charge >= 0.3 is 11.9 Å². The van der Waals surface area contributed by atoms with Crippen LogP contribution in [-0.2, 0) is 38.7 Å². The first-order chi connectivity index (χ1) is 32.0. The number of aliphatic hydroxyl groups is 3. The van der Waals surface area contributed by atoms with E-state index in [0.29, 0.717) is 12.8 Å². The average Bonchev–Trinajstić information content (AvgIpc) is 3.28. The molecule has 6 atom stereocenters. The lowest BCUT2D eigenvalue weighted by molar-refractivity contribution is -0.297. The normalized spacial score (nSPS) is 19.8. The summed E-state index contributed by atoms with van der Waals surface area (Å²) in [5.41, 5.74) is 0. The molecule has 1 aliphatic heterocycles. The molecular weight excluding hydrogens is 861 g/mol. The van der Waals surface area contributed by atoms with Crippen LogP contribution in [0, 0.1) is 0 Å². The van der Waals surface area contributed by atoms with Gasteiger partial charge in [0.1, 0.15) is 36.8 Å². The van der Waals surface area contributed by atoms with E-state index in [4.69, 9.17) is 18.9 Å². The number of carbonyl (C=O) groups excluding carboxylic acids is 2. The maximum Gasteiger partial charge on any atom is 0.306 e. The zero-order valence-electron chi connectivity index (χ0n) is 41.3. The van der Waals surface area contributed by atoms with Gasteiger partial charge in [-0.05, 0) is 51.4 Å². The lowest BCUT2D eigenvalue weighted by atomic mass is 10.00. The molecule has 13 heteroatoms. The highest BCUT2D eigenvalue weighted by Crippen LogP contribution is 2.24. The second kappa shape index (κ2) is 42.7. The molecule has 66 heavy (non-hydrogen) atoms. The molecule has 0 saturated carbocycles. The van der Waals surface area contributed by atoms with E-state index in [1.807, 2.05) is 0 Å². The summed E-state index contributed by atoms with van der Waals surface area (Å²) in [6.45, 7) is 3.70. The van der Waals surface area contributed by atoms with Crippen LogP contribution in [0.3, 0.4) is 0 Å². The highest BCUT2D eigenvalue weighted by molar-refractivity contribution is 7.85. The summed E-state index contributed by atoms with van der Waals surface area (Å²) in [4.78, 5) is 25.5. The van der Waals surface area contributed by atoms with E-state index in [0.717, 1.165) is 64.2 Å². The Morgan fingerprint density at radius 2 is 0.939 bits per heavy atom. The van der Waals surface area contributed by atoms with Crippen LogP contribution in [-0.4, -0.2) is 96.0 Å². The van der Waals surface area contributed by atoms with Crippen LogP contribution in [0.2, 0.25) is 0 Å². The molecule has 0 spiro atoms. The minimum absolute atomic E-state index is 0.159. The molecule has 0 aliphatic carbocycles. The van der Waals surface area contributed by atoms with E-state index in [9.17, 15) is 37.9 Å². The van der Waals surface area contributed by atoms with Crippen molar-refractivity contribution >= 4 is 22.1 Å². The van der Waals surface area contributed by atoms with Crippen LogP contribution in [0.4, 0.5) is 0 Å². The first-order valence-corrected chi connectivity index (χ1v) is 27.8. The van der Waals surface area contributed by atoms with Gasteiger partial charge in [-0.3, -0.25) is 14.1 Å². The minimum atomic E-state index is -4.61. The molecule has 1 aliphatic rings. The maximum absolute atomic E-state index is 12.9. The van der Waals surface area contributed by atoms with Gasteiger partial charge in [0, 0.05) is 12.8 Å². The molecule has 0 aromatic rings. The van der Waals surface area contributed by atoms with Gasteiger partial charge in [0.25, 0.3) is 10.1 Å². The van der Waals surface area contributed by atoms with Gasteiger partial charge in [-0.2, -0.15) is 8.42 Å². The second-order valence-corrected chi connectivity index (χ2v) is 19.7. The first kappa shape index (κ1) is 61.6. The van der Waals surface area contributed by atoms with Gasteiger partial charge in [-0.15, -0.1) is 0 Å². The molecule has 12 nitrogen and oxygen atoms in total. The van der Waals surface area contributed by atoms with Gasteiger partial charge in [0.2, 0.25) is 0 Å². The monoisotopic (exact) mass is 955 g/mol. The lowest BCUT2D eigenvalue weighted by Gasteiger charge is -2.40. The number of hydrogen-bond acceptors (Lipinski definition) is 11. The highest BCUT2D eigenvalue weighted by Gasteiger charge is 2.46. The predicted octanol–water partition coefficient (Wildman–Crippen LogP) is 11.9. The molecule has 1 saturated heterocycles. The van der Waals surface area contributed by atoms with Crippen LogP contribution in [0.15, 0.2) is 48.6 Å². The summed E-state index contributed by atoms with van der Waals surface area (Å²) in [5.74, 6) is -2.02. The van der Waals surface area contributed by atoms with Crippen molar-refractivity contribution in [2.24, 2.45) is 0 Å². The van der Waals surface area contributed by atoms with Crippen LogP contribution < -0.4 is 0 Å². The molecule has 0 radical (unpaired) electrons. The van der Waals surface area contributed by atoms with E-state index in [-0.39, 0.29) is 19.4 Å². The van der Waals surface area contributed by atoms with E-state index >= 15 is 0 Å². The molecular formula is C53H94O12S. The molecule has 0 aromatic heterocycles. The minimum Gasteiger partial charge on any atom is -0.462 e. The molecule has 0 aromatic carbocycles. The quantitative estimate of drug-likeness (QED) is 0.0196. The topological polar surface area (TPSA) is 186 Å². The van der Waals surface area contributed by atoms with Crippen LogP contribution in [0.25, 0.3) is 0 Å². The third kappa shape index (κ3) is 36.6. The number of aliphatic hydroxyl groups excluding tert-OH is 3. The summed E-state index contributed by atoms with van der Waals surface area (Å²) in [5, 5.41) is 31.0. The highest BCUT2D eigenvalue weighted by atomic mass is 32.2. The molecule has 0 amide bonds. The Bertz CT molecular complexity index is 1400. The van der Waals surface area contributed by atoms with Crippen molar-refractivity contribution in [2.75, 3.05) is 19.0 Å². The van der Waals surface area contributed by atoms with Crippen molar-refractivity contribution in [3.63, 3.8) is 0 Å². The summed E-state index contributed by atoms with van der Waals surface area (Å²) in [6, 6.07) is 0. The molecule has 1 fully saturated rings. The van der Waals surface area contributed by atoms with Crippen molar-refractivity contribution in [2.45, 2.75) is 256 Å². The van der Waals surface area contributed by atoms with Crippen molar-refractivity contribution in [3.8, 4) is 0 Å². The van der Waals surface area contributed by atoms with Crippen molar-refractivity contribution in [1.82, 2.24) is 0 Å². The van der Waals surface area contributed by atoms with Gasteiger partial charge in [-0.25, -0.2) is 0 Å². The molecule has 0 bridgehead atoms. The smallest absolute Gasteiger partial charge is 0.306 e. The Hall–Kier alpha value is -2.39. The van der Waals surface area contributed by atoms with Crippen LogP contribution in [0.1, 0.15) is 219 Å². The predicted molar refractivity (Wildman–Crippen MR) is 266 cm³/mol. The summed E-state index contributed by atoms with van der Waals surface area (Å²) >= 11 is 0. The van der Waals surface area contributed by atoms with Crippen molar-refractivity contribution < 1.29 is 56.8 Å². The molecule has 4 N–H and O–H groups in total. The largest absolute Gasteiger partial charge is 0.462 e. The van der Waals surface area contributed by atoms with Gasteiger partial charge < -0.3 is 34.3 Å². The Labute approximate surface area is 401 Å². The third-order valence-electron chi connectivity index (χ3n) is 11.9. The van der Waals surface area contributed by atoms with E-state index < -0.39 is 71.2 Å². The Morgan fingerprint density at radius 1 is 0.515 bits per heavy atom. The Balaban J connectivity index is 2.38. The molecule has 384 valence electrons. The number of ether oxygens (including phenoxy) is 4. The summed E-state index contributed by atoms with van der Waals surface area (Å²) in [7, 11) is -4.61. The Kier molecular flexibility index (Phi) is 39.9. The molecule has 1 rings (SSSR count). The maximum atomic E-state index is 12.9. The zero-order valence-corrected chi connectivity index (χ0v) is 42.1. The molecule has 1 heterocycles. The standard InChI is InChI=1S/C53H94O12S/c1-3-5-7-9-11-13-15-17-19-21-22-23-24-26-28-30-32-34-36-38-40-42-49(55)64-46(44-63-53-52(58)51(57)50(56)47(65-53)45-66(59,60)61)43-62-48(54)41-39-37-35-33-31-29-27-25-20-18-16-14-12-10-8-6-4-2/h8,10,14,16,20,25,29,31,46-47,50-53,56-58H,3-7,9,11-13,15,17-19,21-24,26-28,30,32-45H2,1-2H3,(H,59,60,61)/b10-8+,16-14+,25-20+,31-29+/t46-,47-,50-,51?,52?,53+/m1/s1. The van der Waals surface area contributed by atoms with Crippen LogP contribution >= 0.6 is 0 Å². The van der Waals surface area contributed by atoms with Crippen molar-refractivity contribution in [1.29, 1.82) is 0 Å². The summed E-state index contributed by atoms with van der Waals surface area (Å²) < 4.78 is 54.2. The summed E-state index contributed by atoms with van der Waals surface area (Å²) in [6.07, 6.45) is 42.9. The third-order valence-corrected chi connectivity index (χ3v) is 12.6. The fourth-order valence-electron chi connectivity index (χ4n) is 7.85. The van der Waals surface area contributed by atoms with E-state index in [1.165, 1.54) is 116 Å². The SMILES string of the molecule is CCC/C=C/C/C=C/C/C=C/C/C=C/CCCCCC(=O)OC[C@H](CO[C@H]1O[C@H](CS(=O)(=O)O)[C@@H](O)C(O)C1O)OC(=O)CCCCCCCCCCCCCCCCCCCCCCC. The van der Waals surface area contributed by atoms with E-state index in [1.54, 1.807) is 0 Å². The number of rotatable bonds is 44. The number of allylic oxidation sites excluding steroid dienone is 8. The number of unbranched alkanes of at least 4 members (excludes halogenated alkanes) is 24. The average molecular weight is 955 g/mol. The number of carbonyl (C=O) groups is 2. The number of esters is 2. The second-order valence-electron chi connectivity index (χ2n) is 18.2. The zero-order chi connectivity index (χ0) is 48.4. The van der Waals surface area contributed by atoms with Crippen LogP contribution in [0.5, 0.6) is 0 Å². The fraction of sp³-hybridized carbons (Fsp3) is 0.811.